The molecule has 0 aliphatic heterocycles. The summed E-state index contributed by atoms with van der Waals surface area (Å²) in [4.78, 5) is 0. The lowest BCUT2D eigenvalue weighted by molar-refractivity contribution is 0.321. The van der Waals surface area contributed by atoms with Crippen molar-refractivity contribution in [3.05, 3.63) is 52.3 Å². The van der Waals surface area contributed by atoms with Crippen molar-refractivity contribution in [2.75, 3.05) is 6.61 Å². The Kier molecular flexibility index (Phi) is 5.26. The first-order valence-corrected chi connectivity index (χ1v) is 9.91. The molecule has 0 amide bonds. The Labute approximate surface area is 167 Å². The topological polar surface area (TPSA) is 41.8 Å². The standard InChI is InChI=1S/C24H30FNO2/c1-7-28-20-9-8-16(14-26-27)22(25)21(20)17-13-19-18(12-15(17)2)23(3,4)10-11-24(19,5)6/h8-9,12-14,27H,7,10-11H2,1-6H3. The molecule has 3 nitrogen and oxygen atoms in total. The van der Waals surface area contributed by atoms with Crippen LogP contribution in [0.2, 0.25) is 0 Å². The summed E-state index contributed by atoms with van der Waals surface area (Å²) in [5.74, 6) is 0.0747. The molecule has 0 unspecified atom stereocenters. The summed E-state index contributed by atoms with van der Waals surface area (Å²) in [7, 11) is 0. The van der Waals surface area contributed by atoms with E-state index in [9.17, 15) is 0 Å². The molecule has 0 saturated heterocycles. The molecule has 2 aromatic rings. The molecule has 2 aromatic carbocycles. The fourth-order valence-electron chi connectivity index (χ4n) is 4.25. The lowest BCUT2D eigenvalue weighted by Crippen LogP contribution is -2.34. The molecule has 0 heterocycles. The zero-order chi connectivity index (χ0) is 20.7. The maximum Gasteiger partial charge on any atom is 0.143 e. The summed E-state index contributed by atoms with van der Waals surface area (Å²) in [5, 5.41) is 11.9. The summed E-state index contributed by atoms with van der Waals surface area (Å²) < 4.78 is 21.2. The first-order chi connectivity index (χ1) is 13.1. The van der Waals surface area contributed by atoms with Gasteiger partial charge in [-0.3, -0.25) is 0 Å². The number of hydrogen-bond acceptors (Lipinski definition) is 3. The number of nitrogens with zero attached hydrogens (tertiary/aromatic N) is 1. The Bertz CT molecular complexity index is 929. The van der Waals surface area contributed by atoms with Crippen LogP contribution in [0.3, 0.4) is 0 Å². The van der Waals surface area contributed by atoms with Gasteiger partial charge in [-0.25, -0.2) is 4.39 Å². The minimum atomic E-state index is -0.431. The molecular weight excluding hydrogens is 353 g/mol. The van der Waals surface area contributed by atoms with Crippen molar-refractivity contribution in [2.24, 2.45) is 5.16 Å². The molecule has 4 heteroatoms. The summed E-state index contributed by atoms with van der Waals surface area (Å²) in [6, 6.07) is 7.68. The molecule has 1 N–H and O–H groups in total. The number of benzene rings is 2. The molecule has 0 bridgehead atoms. The SMILES string of the molecule is CCOc1ccc(C=NO)c(F)c1-c1cc2c(cc1C)C(C)(C)CCC2(C)C. The average Bonchev–Trinajstić information content (AvgIpc) is 2.62. The molecule has 1 aliphatic carbocycles. The Morgan fingerprint density at radius 3 is 2.29 bits per heavy atom. The predicted molar refractivity (Wildman–Crippen MR) is 112 cm³/mol. The third-order valence-corrected chi connectivity index (χ3v) is 6.10. The van der Waals surface area contributed by atoms with Gasteiger partial charge < -0.3 is 9.94 Å². The number of fused-ring (bicyclic) bond motifs is 1. The Hall–Kier alpha value is -2.36. The Morgan fingerprint density at radius 1 is 1.11 bits per heavy atom. The van der Waals surface area contributed by atoms with E-state index in [0.717, 1.165) is 30.2 Å². The van der Waals surface area contributed by atoms with E-state index in [4.69, 9.17) is 9.94 Å². The molecule has 0 atom stereocenters. The zero-order valence-electron chi connectivity index (χ0n) is 17.7. The van der Waals surface area contributed by atoms with E-state index in [2.05, 4.69) is 45.0 Å². The highest BCUT2D eigenvalue weighted by Crippen LogP contribution is 2.48. The average molecular weight is 384 g/mol. The van der Waals surface area contributed by atoms with Crippen molar-refractivity contribution in [3.63, 3.8) is 0 Å². The molecule has 0 radical (unpaired) electrons. The number of oxime groups is 1. The summed E-state index contributed by atoms with van der Waals surface area (Å²) in [6.45, 7) is 13.4. The van der Waals surface area contributed by atoms with E-state index in [1.54, 1.807) is 12.1 Å². The predicted octanol–water partition coefficient (Wildman–Crippen LogP) is 6.36. The van der Waals surface area contributed by atoms with Crippen LogP contribution in [0.5, 0.6) is 5.75 Å². The monoisotopic (exact) mass is 383 g/mol. The highest BCUT2D eigenvalue weighted by atomic mass is 19.1. The molecule has 0 spiro atoms. The number of hydrogen-bond donors (Lipinski definition) is 1. The summed E-state index contributed by atoms with van der Waals surface area (Å²) in [5.41, 5.74) is 5.25. The van der Waals surface area contributed by atoms with Crippen molar-refractivity contribution in [3.8, 4) is 16.9 Å². The lowest BCUT2D eigenvalue weighted by atomic mass is 9.62. The summed E-state index contributed by atoms with van der Waals surface area (Å²) >= 11 is 0. The highest BCUT2D eigenvalue weighted by Gasteiger charge is 2.37. The number of rotatable bonds is 4. The van der Waals surface area contributed by atoms with Gasteiger partial charge in [0.2, 0.25) is 0 Å². The number of ether oxygens (including phenoxy) is 1. The van der Waals surface area contributed by atoms with E-state index >= 15 is 4.39 Å². The third kappa shape index (κ3) is 3.41. The molecule has 1 aliphatic rings. The van der Waals surface area contributed by atoms with Gasteiger partial charge in [0.15, 0.2) is 0 Å². The highest BCUT2D eigenvalue weighted by molar-refractivity contribution is 5.86. The molecule has 3 rings (SSSR count). The fourth-order valence-corrected chi connectivity index (χ4v) is 4.25. The zero-order valence-corrected chi connectivity index (χ0v) is 17.7. The molecule has 28 heavy (non-hydrogen) atoms. The normalized spacial score (nSPS) is 17.5. The van der Waals surface area contributed by atoms with Crippen molar-refractivity contribution < 1.29 is 14.3 Å². The maximum atomic E-state index is 15.4. The van der Waals surface area contributed by atoms with Crippen LogP contribution in [-0.2, 0) is 10.8 Å². The van der Waals surface area contributed by atoms with E-state index < -0.39 is 5.82 Å². The molecule has 0 aromatic heterocycles. The van der Waals surface area contributed by atoms with Crippen LogP contribution < -0.4 is 4.74 Å². The van der Waals surface area contributed by atoms with Crippen LogP contribution in [0.25, 0.3) is 11.1 Å². The largest absolute Gasteiger partial charge is 0.493 e. The van der Waals surface area contributed by atoms with Crippen LogP contribution in [0.1, 0.15) is 69.7 Å². The van der Waals surface area contributed by atoms with Crippen molar-refractivity contribution in [1.29, 1.82) is 0 Å². The van der Waals surface area contributed by atoms with Gasteiger partial charge in [0.1, 0.15) is 11.6 Å². The molecule has 0 saturated carbocycles. The first kappa shape index (κ1) is 20.4. The second-order valence-electron chi connectivity index (χ2n) is 9.00. The van der Waals surface area contributed by atoms with E-state index in [-0.39, 0.29) is 16.4 Å². The smallest absolute Gasteiger partial charge is 0.143 e. The van der Waals surface area contributed by atoms with Gasteiger partial charge in [-0.15, -0.1) is 0 Å². The first-order valence-electron chi connectivity index (χ1n) is 9.91. The molecule has 0 fully saturated rings. The second kappa shape index (κ2) is 7.23. The maximum absolute atomic E-state index is 15.4. The second-order valence-corrected chi connectivity index (χ2v) is 9.00. The van der Waals surface area contributed by atoms with Crippen LogP contribution >= 0.6 is 0 Å². The molecule has 150 valence electrons. The van der Waals surface area contributed by atoms with E-state index in [0.29, 0.717) is 17.9 Å². The fraction of sp³-hybridized carbons (Fsp3) is 0.458. The summed E-state index contributed by atoms with van der Waals surface area (Å²) in [6.07, 6.45) is 3.34. The minimum Gasteiger partial charge on any atom is -0.493 e. The van der Waals surface area contributed by atoms with Crippen LogP contribution in [0.15, 0.2) is 29.4 Å². The van der Waals surface area contributed by atoms with Gasteiger partial charge in [0, 0.05) is 5.56 Å². The lowest BCUT2D eigenvalue weighted by Gasteiger charge is -2.42. The Balaban J connectivity index is 2.32. The number of halogens is 1. The van der Waals surface area contributed by atoms with Crippen LogP contribution in [0, 0.1) is 12.7 Å². The van der Waals surface area contributed by atoms with Gasteiger partial charge in [-0.1, -0.05) is 38.9 Å². The van der Waals surface area contributed by atoms with Crippen molar-refractivity contribution in [2.45, 2.75) is 65.2 Å². The van der Waals surface area contributed by atoms with Crippen molar-refractivity contribution in [1.82, 2.24) is 0 Å². The number of aryl methyl sites for hydroxylation is 1. The van der Waals surface area contributed by atoms with Crippen molar-refractivity contribution >= 4 is 6.21 Å². The third-order valence-electron chi connectivity index (χ3n) is 6.10. The molecular formula is C24H30FNO2. The van der Waals surface area contributed by atoms with Gasteiger partial charge >= 0.3 is 0 Å². The van der Waals surface area contributed by atoms with Gasteiger partial charge in [0.05, 0.1) is 18.4 Å². The van der Waals surface area contributed by atoms with Crippen LogP contribution in [0.4, 0.5) is 4.39 Å². The quantitative estimate of drug-likeness (QED) is 0.379. The Morgan fingerprint density at radius 2 is 1.71 bits per heavy atom. The van der Waals surface area contributed by atoms with Crippen LogP contribution in [-0.4, -0.2) is 18.0 Å². The minimum absolute atomic E-state index is 0.0275. The van der Waals surface area contributed by atoms with Gasteiger partial charge in [0.25, 0.3) is 0 Å². The van der Waals surface area contributed by atoms with E-state index in [1.807, 2.05) is 13.8 Å². The van der Waals surface area contributed by atoms with Gasteiger partial charge in [-0.2, -0.15) is 0 Å². The van der Waals surface area contributed by atoms with E-state index in [1.165, 1.54) is 11.1 Å². The van der Waals surface area contributed by atoms with Gasteiger partial charge in [-0.05, 0) is 78.0 Å².